The number of hydrogen-bond acceptors (Lipinski definition) is 8. The molecule has 0 spiro atoms. The van der Waals surface area contributed by atoms with Gasteiger partial charge in [-0.05, 0) is 55.8 Å². The number of rotatable bonds is 7. The number of H-pyrrole nitrogens is 2. The minimum atomic E-state index is -0.379. The Morgan fingerprint density at radius 3 is 2.69 bits per heavy atom. The summed E-state index contributed by atoms with van der Waals surface area (Å²) in [6, 6.07) is 8.47. The third-order valence-electron chi connectivity index (χ3n) is 6.91. The molecule has 0 bridgehead atoms. The molecule has 6 heterocycles. The zero-order chi connectivity index (χ0) is 26.2. The fourth-order valence-corrected chi connectivity index (χ4v) is 4.99. The third kappa shape index (κ3) is 4.57. The van der Waals surface area contributed by atoms with E-state index in [0.29, 0.717) is 62.9 Å². The van der Waals surface area contributed by atoms with Gasteiger partial charge in [0.05, 0.1) is 34.6 Å². The first-order chi connectivity index (χ1) is 19.2. The molecule has 2 N–H and O–H groups in total. The molecule has 0 saturated carbocycles. The number of ether oxygens (including phenoxy) is 1. The SMILES string of the molecule is Fc1cc(OCCN2CCCC2)cc(-c2cncc3[nH]c(-c4n[nH]c5ccc(-c6cnccn6)nc45)nc23)c1. The molecule has 7 rings (SSSR count). The average molecular weight is 522 g/mol. The molecule has 1 aliphatic rings. The summed E-state index contributed by atoms with van der Waals surface area (Å²) < 4.78 is 20.6. The van der Waals surface area contributed by atoms with Crippen LogP contribution in [-0.2, 0) is 0 Å². The van der Waals surface area contributed by atoms with Crippen molar-refractivity contribution in [3.05, 3.63) is 67.1 Å². The van der Waals surface area contributed by atoms with Crippen molar-refractivity contribution in [3.8, 4) is 39.8 Å². The lowest BCUT2D eigenvalue weighted by Gasteiger charge is -2.15. The van der Waals surface area contributed by atoms with Crippen LogP contribution in [0.5, 0.6) is 5.75 Å². The van der Waals surface area contributed by atoms with E-state index in [0.717, 1.165) is 25.2 Å². The van der Waals surface area contributed by atoms with E-state index in [4.69, 9.17) is 14.7 Å². The number of aromatic nitrogens is 8. The monoisotopic (exact) mass is 521 g/mol. The summed E-state index contributed by atoms with van der Waals surface area (Å²) >= 11 is 0. The lowest BCUT2D eigenvalue weighted by molar-refractivity contribution is 0.237. The molecule has 10 nitrogen and oxygen atoms in total. The normalized spacial score (nSPS) is 14.0. The summed E-state index contributed by atoms with van der Waals surface area (Å²) in [7, 11) is 0. The summed E-state index contributed by atoms with van der Waals surface area (Å²) in [5, 5.41) is 7.49. The van der Waals surface area contributed by atoms with E-state index >= 15 is 0 Å². The average Bonchev–Trinajstić information content (AvgIpc) is 3.72. The Hall–Kier alpha value is -4.77. The smallest absolute Gasteiger partial charge is 0.161 e. The second-order valence-corrected chi connectivity index (χ2v) is 9.50. The number of imidazole rings is 1. The van der Waals surface area contributed by atoms with Crippen molar-refractivity contribution in [2.75, 3.05) is 26.2 Å². The van der Waals surface area contributed by atoms with Gasteiger partial charge in [0.2, 0.25) is 0 Å². The highest BCUT2D eigenvalue weighted by Crippen LogP contribution is 2.33. The summed E-state index contributed by atoms with van der Waals surface area (Å²) in [6.45, 7) is 3.52. The van der Waals surface area contributed by atoms with Crippen LogP contribution in [0.1, 0.15) is 12.8 Å². The van der Waals surface area contributed by atoms with Crippen LogP contribution >= 0.6 is 0 Å². The zero-order valence-electron chi connectivity index (χ0n) is 20.9. The number of likely N-dealkylation sites (tertiary alicyclic amines) is 1. The van der Waals surface area contributed by atoms with Crippen molar-refractivity contribution >= 4 is 22.1 Å². The molecule has 0 radical (unpaired) electrons. The molecule has 1 aromatic carbocycles. The van der Waals surface area contributed by atoms with Gasteiger partial charge in [0.15, 0.2) is 11.5 Å². The highest BCUT2D eigenvalue weighted by molar-refractivity contribution is 5.95. The van der Waals surface area contributed by atoms with Crippen molar-refractivity contribution in [2.45, 2.75) is 12.8 Å². The van der Waals surface area contributed by atoms with Gasteiger partial charge < -0.3 is 9.72 Å². The second kappa shape index (κ2) is 9.84. The molecule has 0 amide bonds. The molecular weight excluding hydrogens is 497 g/mol. The molecule has 1 aliphatic heterocycles. The largest absolute Gasteiger partial charge is 0.492 e. The van der Waals surface area contributed by atoms with Crippen molar-refractivity contribution < 1.29 is 9.13 Å². The van der Waals surface area contributed by atoms with Gasteiger partial charge in [0.25, 0.3) is 0 Å². The lowest BCUT2D eigenvalue weighted by atomic mass is 10.1. The van der Waals surface area contributed by atoms with E-state index in [9.17, 15) is 4.39 Å². The number of pyridine rings is 2. The van der Waals surface area contributed by atoms with E-state index in [-0.39, 0.29) is 5.82 Å². The number of nitrogens with zero attached hydrogens (tertiary/aromatic N) is 7. The number of halogens is 1. The van der Waals surface area contributed by atoms with E-state index < -0.39 is 0 Å². The molecule has 6 aromatic rings. The molecule has 11 heteroatoms. The summed E-state index contributed by atoms with van der Waals surface area (Å²) in [6.07, 6.45) is 10.7. The Labute approximate surface area is 222 Å². The van der Waals surface area contributed by atoms with E-state index in [1.165, 1.54) is 25.0 Å². The minimum absolute atomic E-state index is 0.379. The van der Waals surface area contributed by atoms with E-state index in [1.54, 1.807) is 31.0 Å². The topological polar surface area (TPSA) is 121 Å². The molecule has 5 aromatic heterocycles. The quantitative estimate of drug-likeness (QED) is 0.312. The highest BCUT2D eigenvalue weighted by atomic mass is 19.1. The van der Waals surface area contributed by atoms with Crippen LogP contribution in [0.15, 0.2) is 61.3 Å². The second-order valence-electron chi connectivity index (χ2n) is 9.50. The molecule has 0 aliphatic carbocycles. The zero-order valence-corrected chi connectivity index (χ0v) is 20.9. The lowest BCUT2D eigenvalue weighted by Crippen LogP contribution is -2.25. The molecule has 1 saturated heterocycles. The van der Waals surface area contributed by atoms with Crippen LogP contribution in [0.25, 0.3) is 56.1 Å². The van der Waals surface area contributed by atoms with Crippen LogP contribution < -0.4 is 4.74 Å². The number of fused-ring (bicyclic) bond motifs is 2. The summed E-state index contributed by atoms with van der Waals surface area (Å²) in [5.41, 5.74) is 5.97. The van der Waals surface area contributed by atoms with Gasteiger partial charge in [0.1, 0.15) is 29.4 Å². The van der Waals surface area contributed by atoms with Gasteiger partial charge in [-0.2, -0.15) is 5.10 Å². The van der Waals surface area contributed by atoms with Crippen molar-refractivity contribution in [1.29, 1.82) is 0 Å². The summed E-state index contributed by atoms with van der Waals surface area (Å²) in [4.78, 5) is 28.1. The molecule has 194 valence electrons. The Morgan fingerprint density at radius 1 is 0.897 bits per heavy atom. The summed E-state index contributed by atoms with van der Waals surface area (Å²) in [5.74, 6) is 0.624. The molecule has 0 atom stereocenters. The predicted molar refractivity (Wildman–Crippen MR) is 144 cm³/mol. The van der Waals surface area contributed by atoms with Crippen molar-refractivity contribution in [3.63, 3.8) is 0 Å². The predicted octanol–water partition coefficient (Wildman–Crippen LogP) is 4.63. The van der Waals surface area contributed by atoms with Crippen LogP contribution in [0.3, 0.4) is 0 Å². The van der Waals surface area contributed by atoms with Crippen LogP contribution in [0.2, 0.25) is 0 Å². The molecular formula is C28H24FN9O. The van der Waals surface area contributed by atoms with E-state index in [2.05, 4.69) is 35.0 Å². The first kappa shape index (κ1) is 23.4. The Morgan fingerprint density at radius 2 is 1.82 bits per heavy atom. The number of hydrogen-bond donors (Lipinski definition) is 2. The first-order valence-corrected chi connectivity index (χ1v) is 12.8. The van der Waals surface area contributed by atoms with Gasteiger partial charge in [-0.1, -0.05) is 0 Å². The molecule has 39 heavy (non-hydrogen) atoms. The van der Waals surface area contributed by atoms with Gasteiger partial charge in [-0.25, -0.2) is 14.4 Å². The Bertz CT molecular complexity index is 1780. The number of nitrogens with one attached hydrogen (secondary N) is 2. The first-order valence-electron chi connectivity index (χ1n) is 12.8. The van der Waals surface area contributed by atoms with Gasteiger partial charge >= 0.3 is 0 Å². The Balaban J connectivity index is 1.23. The van der Waals surface area contributed by atoms with Crippen LogP contribution in [0, 0.1) is 5.82 Å². The van der Waals surface area contributed by atoms with E-state index in [1.807, 2.05) is 18.2 Å². The van der Waals surface area contributed by atoms with Gasteiger partial charge in [-0.3, -0.25) is 25.0 Å². The maximum atomic E-state index is 14.7. The number of benzene rings is 1. The van der Waals surface area contributed by atoms with Crippen LogP contribution in [-0.4, -0.2) is 71.2 Å². The number of aromatic amines is 2. The standard InChI is InChI=1S/C28H24FN9O/c29-18-11-17(12-19(13-18)39-10-9-38-7-1-2-8-38)20-14-31-16-24-25(20)35-28(34-24)27-26-22(36-37-27)4-3-21(33-26)23-15-30-5-6-32-23/h3-6,11-16H,1-2,7-10H2,(H,34,35)(H,36,37). The van der Waals surface area contributed by atoms with Gasteiger partial charge in [0, 0.05) is 36.8 Å². The third-order valence-corrected chi connectivity index (χ3v) is 6.91. The minimum Gasteiger partial charge on any atom is -0.492 e. The van der Waals surface area contributed by atoms with Gasteiger partial charge in [-0.15, -0.1) is 0 Å². The van der Waals surface area contributed by atoms with Crippen LogP contribution in [0.4, 0.5) is 4.39 Å². The fraction of sp³-hybridized carbons (Fsp3) is 0.214. The molecule has 0 unspecified atom stereocenters. The van der Waals surface area contributed by atoms with Crippen molar-refractivity contribution in [1.82, 2.24) is 45.0 Å². The maximum absolute atomic E-state index is 14.7. The fourth-order valence-electron chi connectivity index (χ4n) is 4.99. The maximum Gasteiger partial charge on any atom is 0.161 e. The van der Waals surface area contributed by atoms with Crippen molar-refractivity contribution in [2.24, 2.45) is 0 Å². The highest BCUT2D eigenvalue weighted by Gasteiger charge is 2.18. The Kier molecular flexibility index (Phi) is 5.89. The molecule has 1 fully saturated rings.